The number of Topliss-reactive ketones (excluding diaryl/α,β-unsaturated/α-hetero) is 1. The van der Waals surface area contributed by atoms with Crippen LogP contribution in [0.3, 0.4) is 0 Å². The molecule has 4 nitrogen and oxygen atoms in total. The molecule has 0 aliphatic heterocycles. The number of ether oxygens (including phenoxy) is 2. The van der Waals surface area contributed by atoms with Crippen LogP contribution < -0.4 is 4.74 Å². The van der Waals surface area contributed by atoms with Crippen LogP contribution in [0.1, 0.15) is 34.0 Å². The van der Waals surface area contributed by atoms with Gasteiger partial charge in [0.1, 0.15) is 17.4 Å². The fourth-order valence-electron chi connectivity index (χ4n) is 3.48. The van der Waals surface area contributed by atoms with E-state index in [4.69, 9.17) is 9.47 Å². The summed E-state index contributed by atoms with van der Waals surface area (Å²) in [6.45, 7) is 5.37. The first-order chi connectivity index (χ1) is 15.3. The Kier molecular flexibility index (Phi) is 7.36. The normalized spacial score (nSPS) is 10.7. The topological polar surface area (TPSA) is 52.6 Å². The van der Waals surface area contributed by atoms with Gasteiger partial charge < -0.3 is 9.47 Å². The molecule has 3 aromatic rings. The molecule has 0 atom stereocenters. The van der Waals surface area contributed by atoms with Gasteiger partial charge in [-0.1, -0.05) is 24.3 Å². The van der Waals surface area contributed by atoms with Gasteiger partial charge in [-0.2, -0.15) is 0 Å². The fourth-order valence-corrected chi connectivity index (χ4v) is 3.48. The molecule has 0 N–H and O–H groups in total. The molecule has 3 rings (SSSR count). The first kappa shape index (κ1) is 23.1. The summed E-state index contributed by atoms with van der Waals surface area (Å²) in [6.07, 6.45) is -0.0439. The number of esters is 1. The van der Waals surface area contributed by atoms with Crippen LogP contribution in [0.25, 0.3) is 11.1 Å². The molecule has 0 spiro atoms. The molecule has 0 aromatic heterocycles. The molecule has 0 aliphatic carbocycles. The molecular weight excluding hydrogens is 414 g/mol. The minimum atomic E-state index is -0.639. The maximum atomic E-state index is 14.5. The van der Waals surface area contributed by atoms with E-state index >= 15 is 0 Å². The third-order valence-corrected chi connectivity index (χ3v) is 5.20. The number of rotatable bonds is 8. The van der Waals surface area contributed by atoms with Gasteiger partial charge in [-0.25, -0.2) is 13.6 Å². The summed E-state index contributed by atoms with van der Waals surface area (Å²) in [5, 5.41) is 0. The van der Waals surface area contributed by atoms with E-state index < -0.39 is 23.4 Å². The highest BCUT2D eigenvalue weighted by atomic mass is 19.1. The molecule has 0 saturated heterocycles. The first-order valence-electron chi connectivity index (χ1n) is 10.3. The van der Waals surface area contributed by atoms with Crippen molar-refractivity contribution in [2.45, 2.75) is 27.2 Å². The second kappa shape index (κ2) is 10.2. The molecule has 0 radical (unpaired) electrons. The standard InChI is InChI=1S/C26H24F2O4/c1-4-31-26(30)15-32-25-11-8-16(2)21(17(25)3)14-24(29)22-13-19(9-10-23(22)28)18-6-5-7-20(27)12-18/h5-13H,4,14-15H2,1-3H3. The van der Waals surface area contributed by atoms with E-state index in [1.165, 1.54) is 30.3 Å². The second-order valence-electron chi connectivity index (χ2n) is 7.38. The Bertz CT molecular complexity index is 1150. The molecule has 166 valence electrons. The Balaban J connectivity index is 1.86. The Hall–Kier alpha value is -3.54. The van der Waals surface area contributed by atoms with Crippen molar-refractivity contribution in [1.29, 1.82) is 0 Å². The van der Waals surface area contributed by atoms with Gasteiger partial charge in [0.2, 0.25) is 0 Å². The number of ketones is 1. The smallest absolute Gasteiger partial charge is 0.344 e. The van der Waals surface area contributed by atoms with Crippen LogP contribution >= 0.6 is 0 Å². The zero-order valence-corrected chi connectivity index (χ0v) is 18.2. The molecular formula is C26H24F2O4. The lowest BCUT2D eigenvalue weighted by Crippen LogP contribution is -2.16. The predicted molar refractivity (Wildman–Crippen MR) is 118 cm³/mol. The van der Waals surface area contributed by atoms with Gasteiger partial charge in [0, 0.05) is 6.42 Å². The molecule has 0 saturated carbocycles. The van der Waals surface area contributed by atoms with Gasteiger partial charge in [-0.05, 0) is 78.9 Å². The van der Waals surface area contributed by atoms with Gasteiger partial charge in [-0.3, -0.25) is 4.79 Å². The Morgan fingerprint density at radius 3 is 2.41 bits per heavy atom. The first-order valence-corrected chi connectivity index (χ1v) is 10.3. The van der Waals surface area contributed by atoms with Crippen molar-refractivity contribution in [3.05, 3.63) is 88.5 Å². The number of hydrogen-bond acceptors (Lipinski definition) is 4. The van der Waals surface area contributed by atoms with E-state index in [1.807, 2.05) is 6.92 Å². The SMILES string of the molecule is CCOC(=O)COc1ccc(C)c(CC(=O)c2cc(-c3cccc(F)c3)ccc2F)c1C. The van der Waals surface area contributed by atoms with Crippen LogP contribution in [0.2, 0.25) is 0 Å². The van der Waals surface area contributed by atoms with Crippen molar-refractivity contribution in [2.75, 3.05) is 13.2 Å². The van der Waals surface area contributed by atoms with E-state index in [-0.39, 0.29) is 25.2 Å². The summed E-state index contributed by atoms with van der Waals surface area (Å²) in [6, 6.07) is 13.6. The summed E-state index contributed by atoms with van der Waals surface area (Å²) in [5.41, 5.74) is 3.29. The molecule has 0 fully saturated rings. The number of halogens is 2. The van der Waals surface area contributed by atoms with E-state index in [9.17, 15) is 18.4 Å². The highest BCUT2D eigenvalue weighted by Gasteiger charge is 2.18. The summed E-state index contributed by atoms with van der Waals surface area (Å²) in [5.74, 6) is -1.48. The second-order valence-corrected chi connectivity index (χ2v) is 7.38. The lowest BCUT2D eigenvalue weighted by molar-refractivity contribution is -0.145. The number of hydrogen-bond donors (Lipinski definition) is 0. The lowest BCUT2D eigenvalue weighted by Gasteiger charge is -2.15. The molecule has 0 aliphatic rings. The highest BCUT2D eigenvalue weighted by Crippen LogP contribution is 2.28. The Morgan fingerprint density at radius 2 is 1.69 bits per heavy atom. The van der Waals surface area contributed by atoms with Crippen LogP contribution in [-0.2, 0) is 16.0 Å². The van der Waals surface area contributed by atoms with E-state index in [0.29, 0.717) is 28.0 Å². The van der Waals surface area contributed by atoms with E-state index in [2.05, 4.69) is 0 Å². The van der Waals surface area contributed by atoms with Crippen molar-refractivity contribution in [2.24, 2.45) is 0 Å². The van der Waals surface area contributed by atoms with Gasteiger partial charge in [-0.15, -0.1) is 0 Å². The zero-order valence-electron chi connectivity index (χ0n) is 18.2. The van der Waals surface area contributed by atoms with Crippen molar-refractivity contribution in [3.63, 3.8) is 0 Å². The van der Waals surface area contributed by atoms with Crippen LogP contribution in [0, 0.1) is 25.5 Å². The maximum Gasteiger partial charge on any atom is 0.344 e. The van der Waals surface area contributed by atoms with Crippen LogP contribution in [-0.4, -0.2) is 25.0 Å². The van der Waals surface area contributed by atoms with Gasteiger partial charge >= 0.3 is 5.97 Å². The molecule has 0 heterocycles. The summed E-state index contributed by atoms with van der Waals surface area (Å²) in [4.78, 5) is 24.6. The number of benzene rings is 3. The summed E-state index contributed by atoms with van der Waals surface area (Å²) in [7, 11) is 0. The molecule has 0 unspecified atom stereocenters. The molecule has 0 amide bonds. The van der Waals surface area contributed by atoms with Crippen molar-refractivity contribution in [1.82, 2.24) is 0 Å². The Labute approximate surface area is 185 Å². The largest absolute Gasteiger partial charge is 0.482 e. The third kappa shape index (κ3) is 5.38. The molecule has 3 aromatic carbocycles. The number of carbonyl (C=O) groups excluding carboxylic acids is 2. The van der Waals surface area contributed by atoms with Gasteiger partial charge in [0.15, 0.2) is 12.4 Å². The molecule has 32 heavy (non-hydrogen) atoms. The van der Waals surface area contributed by atoms with Crippen LogP contribution in [0.4, 0.5) is 8.78 Å². The van der Waals surface area contributed by atoms with Gasteiger partial charge in [0.25, 0.3) is 0 Å². The fraction of sp³-hybridized carbons (Fsp3) is 0.231. The minimum absolute atomic E-state index is 0.0439. The average molecular weight is 438 g/mol. The number of carbonyl (C=O) groups is 2. The summed E-state index contributed by atoms with van der Waals surface area (Å²) < 4.78 is 38.5. The van der Waals surface area contributed by atoms with Crippen LogP contribution in [0.15, 0.2) is 54.6 Å². The predicted octanol–water partition coefficient (Wildman–Crippen LogP) is 5.62. The average Bonchev–Trinajstić information content (AvgIpc) is 2.76. The monoisotopic (exact) mass is 438 g/mol. The van der Waals surface area contributed by atoms with Crippen molar-refractivity contribution in [3.8, 4) is 16.9 Å². The van der Waals surface area contributed by atoms with E-state index in [0.717, 1.165) is 5.56 Å². The molecule has 0 bridgehead atoms. The molecule has 6 heteroatoms. The number of aryl methyl sites for hydroxylation is 1. The van der Waals surface area contributed by atoms with Crippen molar-refractivity contribution >= 4 is 11.8 Å². The summed E-state index contributed by atoms with van der Waals surface area (Å²) >= 11 is 0. The maximum absolute atomic E-state index is 14.5. The van der Waals surface area contributed by atoms with Gasteiger partial charge in [0.05, 0.1) is 12.2 Å². The minimum Gasteiger partial charge on any atom is -0.482 e. The zero-order chi connectivity index (χ0) is 23.3. The van der Waals surface area contributed by atoms with Crippen molar-refractivity contribution < 1.29 is 27.8 Å². The third-order valence-electron chi connectivity index (χ3n) is 5.20. The quantitative estimate of drug-likeness (QED) is 0.339. The Morgan fingerprint density at radius 1 is 0.938 bits per heavy atom. The van der Waals surface area contributed by atoms with E-state index in [1.54, 1.807) is 38.1 Å². The van der Waals surface area contributed by atoms with Crippen LogP contribution in [0.5, 0.6) is 5.75 Å². The lowest BCUT2D eigenvalue weighted by atomic mass is 9.93. The highest BCUT2D eigenvalue weighted by molar-refractivity contribution is 5.99.